The average molecular weight is 415 g/mol. The predicted molar refractivity (Wildman–Crippen MR) is 129 cm³/mol. The molecule has 0 saturated carbocycles. The fourth-order valence-electron chi connectivity index (χ4n) is 5.29. The number of amides is 1. The molecule has 31 heavy (non-hydrogen) atoms. The molecule has 0 spiro atoms. The molecule has 1 saturated heterocycles. The second-order valence-electron chi connectivity index (χ2n) is 9.53. The lowest BCUT2D eigenvalue weighted by molar-refractivity contribution is -0.131. The Labute approximate surface area is 187 Å². The highest BCUT2D eigenvalue weighted by Gasteiger charge is 2.60. The highest BCUT2D eigenvalue weighted by Crippen LogP contribution is 2.56. The zero-order valence-corrected chi connectivity index (χ0v) is 19.4. The number of fused-ring (bicyclic) bond motifs is 3. The van der Waals surface area contributed by atoms with Gasteiger partial charge in [-0.1, -0.05) is 71.8 Å². The molecule has 4 rings (SSSR count). The molecule has 2 aromatic rings. The molecular formula is C28H34N2O. The van der Waals surface area contributed by atoms with Crippen molar-refractivity contribution in [3.63, 3.8) is 0 Å². The number of nitrogens with zero attached hydrogens (tertiary/aromatic N) is 2. The van der Waals surface area contributed by atoms with Gasteiger partial charge in [0.25, 0.3) is 0 Å². The molecule has 0 bridgehead atoms. The molecule has 1 fully saturated rings. The minimum atomic E-state index is -0.219. The highest BCUT2D eigenvalue weighted by molar-refractivity contribution is 5.86. The van der Waals surface area contributed by atoms with Crippen LogP contribution in [-0.2, 0) is 10.2 Å². The summed E-state index contributed by atoms with van der Waals surface area (Å²) >= 11 is 0. The van der Waals surface area contributed by atoms with Crippen molar-refractivity contribution in [2.24, 2.45) is 0 Å². The fraction of sp³-hybridized carbons (Fsp3) is 0.393. The average Bonchev–Trinajstić information content (AvgIpc) is 3.19. The quantitative estimate of drug-likeness (QED) is 0.512. The maximum absolute atomic E-state index is 13.6. The topological polar surface area (TPSA) is 23.6 Å². The number of likely N-dealkylation sites (tertiary alicyclic amines) is 1. The van der Waals surface area contributed by atoms with Crippen LogP contribution in [0.2, 0.25) is 0 Å². The van der Waals surface area contributed by atoms with E-state index in [0.717, 1.165) is 13.0 Å². The van der Waals surface area contributed by atoms with Crippen LogP contribution in [0.15, 0.2) is 77.9 Å². The van der Waals surface area contributed by atoms with E-state index in [0.29, 0.717) is 6.42 Å². The van der Waals surface area contributed by atoms with Crippen molar-refractivity contribution in [2.75, 3.05) is 11.4 Å². The summed E-state index contributed by atoms with van der Waals surface area (Å²) in [5.41, 5.74) is 6.15. The molecule has 0 aliphatic carbocycles. The smallest absolute Gasteiger partial charge is 0.225 e. The summed E-state index contributed by atoms with van der Waals surface area (Å²) in [6.07, 6.45) is 6.05. The third-order valence-electron chi connectivity index (χ3n) is 6.83. The first-order valence-corrected chi connectivity index (χ1v) is 11.3. The predicted octanol–water partition coefficient (Wildman–Crippen LogP) is 6.39. The zero-order valence-electron chi connectivity index (χ0n) is 19.4. The van der Waals surface area contributed by atoms with Crippen LogP contribution in [0.3, 0.4) is 0 Å². The largest absolute Gasteiger partial charge is 0.346 e. The van der Waals surface area contributed by atoms with Gasteiger partial charge in [-0.3, -0.25) is 4.79 Å². The monoisotopic (exact) mass is 414 g/mol. The van der Waals surface area contributed by atoms with Crippen molar-refractivity contribution < 1.29 is 4.79 Å². The first-order valence-electron chi connectivity index (χ1n) is 11.3. The van der Waals surface area contributed by atoms with Crippen molar-refractivity contribution in [1.82, 2.24) is 4.90 Å². The van der Waals surface area contributed by atoms with Crippen LogP contribution >= 0.6 is 0 Å². The van der Waals surface area contributed by atoms with Gasteiger partial charge >= 0.3 is 0 Å². The molecule has 2 aromatic carbocycles. The van der Waals surface area contributed by atoms with Crippen LogP contribution < -0.4 is 4.90 Å². The molecule has 2 aliphatic heterocycles. The second kappa shape index (κ2) is 8.37. The van der Waals surface area contributed by atoms with E-state index in [1.807, 2.05) is 6.07 Å². The third kappa shape index (κ3) is 3.71. The van der Waals surface area contributed by atoms with Crippen molar-refractivity contribution in [1.29, 1.82) is 0 Å². The molecule has 2 heterocycles. The number of benzene rings is 2. The standard InChI is InChI=1S/C28H34N2O/c1-20(2)15-17-28-19-26(31)30(22(5)23-11-7-6-8-12-23)27(28)29(18-16-21(3)4)25-14-10-9-13-24(25)28/h6-16,22,27H,17-19H2,1-5H3/t22-,27+,28+/m0/s1. The SMILES string of the molecule is CC(C)=CCN1c2ccccc2[C@@]2(CC=C(C)C)CC(=O)N([C@@H](C)c3ccccc3)[C@@H]12. The Morgan fingerprint density at radius 2 is 1.65 bits per heavy atom. The fourth-order valence-corrected chi connectivity index (χ4v) is 5.29. The van der Waals surface area contributed by atoms with Crippen molar-refractivity contribution >= 4 is 11.6 Å². The maximum atomic E-state index is 13.6. The van der Waals surface area contributed by atoms with Crippen LogP contribution in [0.1, 0.15) is 64.6 Å². The Morgan fingerprint density at radius 3 is 2.32 bits per heavy atom. The second-order valence-corrected chi connectivity index (χ2v) is 9.53. The molecule has 1 amide bonds. The van der Waals surface area contributed by atoms with E-state index in [-0.39, 0.29) is 23.5 Å². The lowest BCUT2D eigenvalue weighted by Crippen LogP contribution is -2.51. The van der Waals surface area contributed by atoms with Crippen molar-refractivity contribution in [2.45, 2.75) is 65.1 Å². The van der Waals surface area contributed by atoms with Crippen LogP contribution in [0.4, 0.5) is 5.69 Å². The molecule has 3 heteroatoms. The minimum absolute atomic E-state index is 0.0128. The molecule has 3 atom stereocenters. The van der Waals surface area contributed by atoms with Crippen LogP contribution in [0.5, 0.6) is 0 Å². The summed E-state index contributed by atoms with van der Waals surface area (Å²) in [6.45, 7) is 11.6. The van der Waals surface area contributed by atoms with E-state index in [2.05, 4.69) is 105 Å². The molecule has 3 nitrogen and oxygen atoms in total. The molecule has 0 radical (unpaired) electrons. The molecular weight excluding hydrogens is 380 g/mol. The first kappa shape index (κ1) is 21.4. The number of para-hydroxylation sites is 1. The Kier molecular flexibility index (Phi) is 5.79. The Balaban J connectivity index is 1.86. The van der Waals surface area contributed by atoms with Gasteiger partial charge in [0.05, 0.1) is 6.04 Å². The van der Waals surface area contributed by atoms with E-state index >= 15 is 0 Å². The van der Waals surface area contributed by atoms with Gasteiger partial charge in [0.2, 0.25) is 5.91 Å². The minimum Gasteiger partial charge on any atom is -0.346 e. The van der Waals surface area contributed by atoms with Gasteiger partial charge in [0.15, 0.2) is 0 Å². The van der Waals surface area contributed by atoms with E-state index in [1.165, 1.54) is 28.0 Å². The molecule has 0 aromatic heterocycles. The first-order chi connectivity index (χ1) is 14.8. The van der Waals surface area contributed by atoms with Crippen LogP contribution in [0.25, 0.3) is 0 Å². The van der Waals surface area contributed by atoms with Gasteiger partial charge < -0.3 is 9.80 Å². The molecule has 0 unspecified atom stereocenters. The van der Waals surface area contributed by atoms with Gasteiger partial charge in [-0.15, -0.1) is 0 Å². The van der Waals surface area contributed by atoms with Gasteiger partial charge in [-0.25, -0.2) is 0 Å². The molecule has 2 aliphatic rings. The number of carbonyl (C=O) groups is 1. The Bertz CT molecular complexity index is 1010. The number of carbonyl (C=O) groups excluding carboxylic acids is 1. The summed E-state index contributed by atoms with van der Waals surface area (Å²) in [5, 5.41) is 0. The van der Waals surface area contributed by atoms with E-state index in [4.69, 9.17) is 0 Å². The number of anilines is 1. The van der Waals surface area contributed by atoms with Gasteiger partial charge in [-0.2, -0.15) is 0 Å². The van der Waals surface area contributed by atoms with Gasteiger partial charge in [-0.05, 0) is 58.2 Å². The lowest BCUT2D eigenvalue weighted by Gasteiger charge is -2.40. The summed E-state index contributed by atoms with van der Waals surface area (Å²) in [5.74, 6) is 0.250. The maximum Gasteiger partial charge on any atom is 0.225 e. The number of allylic oxidation sites excluding steroid dienone is 3. The molecule has 162 valence electrons. The van der Waals surface area contributed by atoms with E-state index in [1.54, 1.807) is 0 Å². The highest BCUT2D eigenvalue weighted by atomic mass is 16.2. The normalized spacial score (nSPS) is 22.7. The van der Waals surface area contributed by atoms with Crippen LogP contribution in [-0.4, -0.2) is 23.5 Å². The van der Waals surface area contributed by atoms with Crippen molar-refractivity contribution in [3.05, 3.63) is 89.0 Å². The Morgan fingerprint density at radius 1 is 1.00 bits per heavy atom. The Hall–Kier alpha value is -2.81. The number of hydrogen-bond acceptors (Lipinski definition) is 2. The molecule has 0 N–H and O–H groups in total. The van der Waals surface area contributed by atoms with Crippen LogP contribution in [0, 0.1) is 0 Å². The zero-order chi connectivity index (χ0) is 22.2. The van der Waals surface area contributed by atoms with E-state index < -0.39 is 0 Å². The summed E-state index contributed by atoms with van der Waals surface area (Å²) in [6, 6.07) is 19.2. The number of hydrogen-bond donors (Lipinski definition) is 0. The third-order valence-corrected chi connectivity index (χ3v) is 6.83. The summed E-state index contributed by atoms with van der Waals surface area (Å²) in [7, 11) is 0. The van der Waals surface area contributed by atoms with Crippen molar-refractivity contribution in [3.8, 4) is 0 Å². The van der Waals surface area contributed by atoms with Gasteiger partial charge in [0.1, 0.15) is 6.17 Å². The van der Waals surface area contributed by atoms with Gasteiger partial charge in [0, 0.05) is 24.1 Å². The summed E-state index contributed by atoms with van der Waals surface area (Å²) < 4.78 is 0. The number of rotatable bonds is 6. The lowest BCUT2D eigenvalue weighted by atomic mass is 9.76. The van der Waals surface area contributed by atoms with E-state index in [9.17, 15) is 4.79 Å². The summed E-state index contributed by atoms with van der Waals surface area (Å²) in [4.78, 5) is 18.2.